The van der Waals surface area contributed by atoms with E-state index in [1.807, 2.05) is 18.2 Å². The summed E-state index contributed by atoms with van der Waals surface area (Å²) in [7, 11) is 0. The number of benzene rings is 1. The molecule has 2 aromatic rings. The first-order valence-electron chi connectivity index (χ1n) is 4.84. The number of aromatic nitrogens is 1. The third-order valence-corrected chi connectivity index (χ3v) is 3.06. The summed E-state index contributed by atoms with van der Waals surface area (Å²) in [4.78, 5) is 14.9. The second kappa shape index (κ2) is 3.00. The van der Waals surface area contributed by atoms with Crippen molar-refractivity contribution in [2.45, 2.75) is 6.42 Å². The molecular formula is C11H9ClN2O. The molecule has 0 spiro atoms. The number of amides is 1. The van der Waals surface area contributed by atoms with Gasteiger partial charge in [0.05, 0.1) is 16.1 Å². The molecule has 1 aromatic carbocycles. The fourth-order valence-electron chi connectivity index (χ4n) is 2.07. The van der Waals surface area contributed by atoms with Gasteiger partial charge in [-0.25, -0.2) is 0 Å². The molecule has 0 fully saturated rings. The van der Waals surface area contributed by atoms with Gasteiger partial charge in [-0.1, -0.05) is 23.7 Å². The van der Waals surface area contributed by atoms with Crippen molar-refractivity contribution in [1.82, 2.24) is 10.3 Å². The highest BCUT2D eigenvalue weighted by atomic mass is 35.5. The Labute approximate surface area is 91.4 Å². The SMILES string of the molecule is O=C1NCCc2[nH]c3c(Cl)cccc3c21. The minimum atomic E-state index is -0.00948. The zero-order chi connectivity index (χ0) is 10.4. The van der Waals surface area contributed by atoms with Crippen LogP contribution in [0.2, 0.25) is 5.02 Å². The maximum atomic E-state index is 11.7. The molecule has 1 amide bonds. The first-order chi connectivity index (χ1) is 7.27. The molecule has 15 heavy (non-hydrogen) atoms. The van der Waals surface area contributed by atoms with Crippen LogP contribution >= 0.6 is 11.6 Å². The van der Waals surface area contributed by atoms with Crippen LogP contribution in [0.4, 0.5) is 0 Å². The monoisotopic (exact) mass is 220 g/mol. The van der Waals surface area contributed by atoms with E-state index in [4.69, 9.17) is 11.6 Å². The minimum Gasteiger partial charge on any atom is -0.356 e. The van der Waals surface area contributed by atoms with Gasteiger partial charge >= 0.3 is 0 Å². The van der Waals surface area contributed by atoms with Crippen molar-refractivity contribution < 1.29 is 4.79 Å². The first-order valence-corrected chi connectivity index (χ1v) is 5.22. The van der Waals surface area contributed by atoms with E-state index in [9.17, 15) is 4.79 Å². The maximum Gasteiger partial charge on any atom is 0.253 e. The lowest BCUT2D eigenvalue weighted by Crippen LogP contribution is -2.31. The van der Waals surface area contributed by atoms with Gasteiger partial charge in [0, 0.05) is 24.0 Å². The van der Waals surface area contributed by atoms with E-state index in [-0.39, 0.29) is 5.91 Å². The Morgan fingerprint density at radius 2 is 2.20 bits per heavy atom. The van der Waals surface area contributed by atoms with E-state index in [0.717, 1.165) is 28.6 Å². The van der Waals surface area contributed by atoms with E-state index >= 15 is 0 Å². The highest BCUT2D eigenvalue weighted by Crippen LogP contribution is 2.29. The molecule has 3 nitrogen and oxygen atoms in total. The molecule has 2 heterocycles. The Morgan fingerprint density at radius 1 is 1.33 bits per heavy atom. The van der Waals surface area contributed by atoms with E-state index in [1.54, 1.807) is 0 Å². The molecule has 0 unspecified atom stereocenters. The summed E-state index contributed by atoms with van der Waals surface area (Å²) >= 11 is 6.06. The molecule has 76 valence electrons. The Morgan fingerprint density at radius 3 is 3.07 bits per heavy atom. The normalized spacial score (nSPS) is 15.1. The lowest BCUT2D eigenvalue weighted by molar-refractivity contribution is 0.0947. The van der Waals surface area contributed by atoms with Crippen molar-refractivity contribution in [3.63, 3.8) is 0 Å². The summed E-state index contributed by atoms with van der Waals surface area (Å²) in [6.45, 7) is 0.691. The summed E-state index contributed by atoms with van der Waals surface area (Å²) in [6, 6.07) is 5.60. The third kappa shape index (κ3) is 1.16. The number of hydrogen-bond donors (Lipinski definition) is 2. The van der Waals surface area contributed by atoms with Crippen LogP contribution in [0.25, 0.3) is 10.9 Å². The summed E-state index contributed by atoms with van der Waals surface area (Å²) in [5.41, 5.74) is 2.60. The summed E-state index contributed by atoms with van der Waals surface area (Å²) in [5.74, 6) is -0.00948. The van der Waals surface area contributed by atoms with Gasteiger partial charge < -0.3 is 10.3 Å². The van der Waals surface area contributed by atoms with Crippen LogP contribution in [0.5, 0.6) is 0 Å². The fourth-order valence-corrected chi connectivity index (χ4v) is 2.29. The number of carbonyl (C=O) groups excluding carboxylic acids is 1. The number of nitrogens with one attached hydrogen (secondary N) is 2. The Hall–Kier alpha value is -1.48. The van der Waals surface area contributed by atoms with Gasteiger partial charge in [0.15, 0.2) is 0 Å². The van der Waals surface area contributed by atoms with Gasteiger partial charge in [-0.05, 0) is 6.07 Å². The zero-order valence-corrected chi connectivity index (χ0v) is 8.69. The molecule has 2 N–H and O–H groups in total. The van der Waals surface area contributed by atoms with Gasteiger partial charge in [0.1, 0.15) is 0 Å². The molecule has 4 heteroatoms. The van der Waals surface area contributed by atoms with Gasteiger partial charge in [-0.15, -0.1) is 0 Å². The van der Waals surface area contributed by atoms with Crippen LogP contribution in [0.1, 0.15) is 16.1 Å². The van der Waals surface area contributed by atoms with Crippen LogP contribution in [0.15, 0.2) is 18.2 Å². The lowest BCUT2D eigenvalue weighted by Gasteiger charge is -2.11. The Balaban J connectivity index is 2.41. The second-order valence-corrected chi connectivity index (χ2v) is 4.05. The first kappa shape index (κ1) is 8.80. The molecule has 1 aliphatic heterocycles. The molecule has 0 aliphatic carbocycles. The minimum absolute atomic E-state index is 0.00948. The number of halogens is 1. The second-order valence-electron chi connectivity index (χ2n) is 3.65. The van der Waals surface area contributed by atoms with Crippen LogP contribution in [0.3, 0.4) is 0 Å². The van der Waals surface area contributed by atoms with Gasteiger partial charge in [0.2, 0.25) is 0 Å². The third-order valence-electron chi connectivity index (χ3n) is 2.75. The molecule has 0 atom stereocenters. The molecule has 1 aromatic heterocycles. The van der Waals surface area contributed by atoms with Crippen LogP contribution in [0, 0.1) is 0 Å². The maximum absolute atomic E-state index is 11.7. The average molecular weight is 221 g/mol. The van der Waals surface area contributed by atoms with Crippen LogP contribution < -0.4 is 5.32 Å². The lowest BCUT2D eigenvalue weighted by atomic mass is 10.1. The number of H-pyrrole nitrogens is 1. The number of aromatic amines is 1. The van der Waals surface area contributed by atoms with Gasteiger partial charge in [-0.2, -0.15) is 0 Å². The molecular weight excluding hydrogens is 212 g/mol. The van der Waals surface area contributed by atoms with E-state index in [0.29, 0.717) is 11.6 Å². The number of carbonyl (C=O) groups is 1. The molecule has 0 saturated heterocycles. The summed E-state index contributed by atoms with van der Waals surface area (Å²) < 4.78 is 0. The van der Waals surface area contributed by atoms with Crippen molar-refractivity contribution in [2.75, 3.05) is 6.54 Å². The average Bonchev–Trinajstić information content (AvgIpc) is 2.59. The van der Waals surface area contributed by atoms with E-state index < -0.39 is 0 Å². The largest absolute Gasteiger partial charge is 0.356 e. The summed E-state index contributed by atoms with van der Waals surface area (Å²) in [5, 5.41) is 4.41. The zero-order valence-electron chi connectivity index (χ0n) is 7.93. The van der Waals surface area contributed by atoms with E-state index in [2.05, 4.69) is 10.3 Å². The number of hydrogen-bond acceptors (Lipinski definition) is 1. The van der Waals surface area contributed by atoms with Crippen LogP contribution in [-0.2, 0) is 6.42 Å². The Kier molecular flexibility index (Phi) is 1.76. The molecule has 0 saturated carbocycles. The van der Waals surface area contributed by atoms with Crippen molar-refractivity contribution >= 4 is 28.4 Å². The predicted molar refractivity (Wildman–Crippen MR) is 59.3 cm³/mol. The molecule has 1 aliphatic rings. The smallest absolute Gasteiger partial charge is 0.253 e. The standard InChI is InChI=1S/C11H9ClN2O/c12-7-3-1-2-6-9-8(14-10(6)7)4-5-13-11(9)15/h1-3,14H,4-5H2,(H,13,15). The predicted octanol–water partition coefficient (Wildman–Crippen LogP) is 2.11. The van der Waals surface area contributed by atoms with Crippen molar-refractivity contribution in [3.8, 4) is 0 Å². The quantitative estimate of drug-likeness (QED) is 0.702. The number of rotatable bonds is 0. The van der Waals surface area contributed by atoms with Crippen LogP contribution in [-0.4, -0.2) is 17.4 Å². The highest BCUT2D eigenvalue weighted by Gasteiger charge is 2.22. The Bertz CT molecular complexity index is 559. The van der Waals surface area contributed by atoms with Gasteiger partial charge in [0.25, 0.3) is 5.91 Å². The molecule has 0 radical (unpaired) electrons. The number of para-hydroxylation sites is 1. The van der Waals surface area contributed by atoms with Crippen molar-refractivity contribution in [1.29, 1.82) is 0 Å². The van der Waals surface area contributed by atoms with Gasteiger partial charge in [-0.3, -0.25) is 4.79 Å². The molecule has 3 rings (SSSR count). The highest BCUT2D eigenvalue weighted by molar-refractivity contribution is 6.35. The van der Waals surface area contributed by atoms with Crippen molar-refractivity contribution in [3.05, 3.63) is 34.5 Å². The number of fused-ring (bicyclic) bond motifs is 3. The van der Waals surface area contributed by atoms with Crippen molar-refractivity contribution in [2.24, 2.45) is 0 Å². The summed E-state index contributed by atoms with van der Waals surface area (Å²) in [6.07, 6.45) is 0.839. The fraction of sp³-hybridized carbons (Fsp3) is 0.182. The molecule has 0 bridgehead atoms. The van der Waals surface area contributed by atoms with E-state index in [1.165, 1.54) is 0 Å². The topological polar surface area (TPSA) is 44.9 Å².